The van der Waals surface area contributed by atoms with Crippen LogP contribution in [0.4, 0.5) is 0 Å². The van der Waals surface area contributed by atoms with E-state index in [1.807, 2.05) is 4.90 Å². The van der Waals surface area contributed by atoms with Gasteiger partial charge in [-0.2, -0.15) is 0 Å². The summed E-state index contributed by atoms with van der Waals surface area (Å²) in [7, 11) is 0. The lowest BCUT2D eigenvalue weighted by Gasteiger charge is -2.31. The Hall–Kier alpha value is -1.06. The first kappa shape index (κ1) is 14.0. The quantitative estimate of drug-likeness (QED) is 0.813. The Morgan fingerprint density at radius 2 is 1.76 bits per heavy atom. The van der Waals surface area contributed by atoms with Crippen LogP contribution in [0.3, 0.4) is 0 Å². The van der Waals surface area contributed by atoms with Crippen LogP contribution in [0, 0.1) is 11.3 Å². The Bertz CT molecular complexity index is 286. The molecule has 1 rings (SSSR count). The molecule has 1 fully saturated rings. The van der Waals surface area contributed by atoms with Crippen LogP contribution in [-0.2, 0) is 9.59 Å². The molecule has 2 amide bonds. The van der Waals surface area contributed by atoms with Gasteiger partial charge in [-0.25, -0.2) is 0 Å². The predicted octanol–water partition coefficient (Wildman–Crippen LogP) is 1.54. The van der Waals surface area contributed by atoms with Gasteiger partial charge in [-0.3, -0.25) is 9.59 Å². The molecule has 0 spiro atoms. The Balaban J connectivity index is 2.33. The fourth-order valence-corrected chi connectivity index (χ4v) is 2.05. The van der Waals surface area contributed by atoms with Crippen LogP contribution in [-0.4, -0.2) is 29.8 Å². The van der Waals surface area contributed by atoms with Gasteiger partial charge in [-0.15, -0.1) is 0 Å². The number of hydrogen-bond donors (Lipinski definition) is 1. The lowest BCUT2D eigenvalue weighted by Crippen LogP contribution is -2.41. The maximum Gasteiger partial charge on any atom is 0.222 e. The fraction of sp³-hybridized carbons (Fsp3) is 0.846. The Labute approximate surface area is 104 Å². The summed E-state index contributed by atoms with van der Waals surface area (Å²) in [6, 6.07) is 0. The minimum Gasteiger partial charge on any atom is -0.369 e. The summed E-state index contributed by atoms with van der Waals surface area (Å²) in [5.41, 5.74) is 5.46. The molecule has 98 valence electrons. The van der Waals surface area contributed by atoms with Gasteiger partial charge in [-0.1, -0.05) is 20.8 Å². The summed E-state index contributed by atoms with van der Waals surface area (Å²) in [4.78, 5) is 24.8. The number of amides is 2. The van der Waals surface area contributed by atoms with E-state index in [2.05, 4.69) is 20.8 Å². The van der Waals surface area contributed by atoms with Crippen molar-refractivity contribution < 1.29 is 9.59 Å². The summed E-state index contributed by atoms with van der Waals surface area (Å²) in [6.07, 6.45) is 2.94. The van der Waals surface area contributed by atoms with Crippen molar-refractivity contribution in [2.24, 2.45) is 17.1 Å². The molecule has 0 radical (unpaired) electrons. The molecule has 0 unspecified atom stereocenters. The number of nitrogens with zero attached hydrogens (tertiary/aromatic N) is 1. The summed E-state index contributed by atoms with van der Waals surface area (Å²) in [6.45, 7) is 7.77. The maximum atomic E-state index is 11.9. The smallest absolute Gasteiger partial charge is 0.222 e. The SMILES string of the molecule is CC(C)(C)CCC(=O)N1CCC(C(N)=O)CC1. The number of rotatable bonds is 3. The molecule has 2 N–H and O–H groups in total. The molecule has 0 aromatic heterocycles. The largest absolute Gasteiger partial charge is 0.369 e. The molecule has 1 aliphatic rings. The molecule has 1 saturated heterocycles. The first-order valence-corrected chi connectivity index (χ1v) is 6.37. The number of hydrogen-bond acceptors (Lipinski definition) is 2. The first-order chi connectivity index (χ1) is 7.79. The van der Waals surface area contributed by atoms with Crippen LogP contribution in [0.15, 0.2) is 0 Å². The Morgan fingerprint density at radius 3 is 2.18 bits per heavy atom. The second-order valence-corrected chi connectivity index (χ2v) is 6.12. The van der Waals surface area contributed by atoms with E-state index in [1.54, 1.807) is 0 Å². The predicted molar refractivity (Wildman–Crippen MR) is 67.2 cm³/mol. The molecule has 0 bridgehead atoms. The number of carbonyl (C=O) groups is 2. The number of piperidine rings is 1. The van der Waals surface area contributed by atoms with Gasteiger partial charge < -0.3 is 10.6 Å². The summed E-state index contributed by atoms with van der Waals surface area (Å²) >= 11 is 0. The van der Waals surface area contributed by atoms with Gasteiger partial charge in [0.1, 0.15) is 0 Å². The van der Waals surface area contributed by atoms with E-state index in [0.29, 0.717) is 19.5 Å². The van der Waals surface area contributed by atoms with Gasteiger partial charge in [0.05, 0.1) is 0 Å². The molecule has 0 saturated carbocycles. The zero-order valence-corrected chi connectivity index (χ0v) is 11.2. The molecule has 0 aromatic rings. The minimum atomic E-state index is -0.230. The van der Waals surface area contributed by atoms with Crippen molar-refractivity contribution in [3.63, 3.8) is 0 Å². The molecule has 0 aromatic carbocycles. The summed E-state index contributed by atoms with van der Waals surface area (Å²) in [5.74, 6) is -0.0590. The first-order valence-electron chi connectivity index (χ1n) is 6.37. The second-order valence-electron chi connectivity index (χ2n) is 6.12. The van der Waals surface area contributed by atoms with Crippen molar-refractivity contribution in [2.45, 2.75) is 46.5 Å². The third-order valence-electron chi connectivity index (χ3n) is 3.34. The van der Waals surface area contributed by atoms with E-state index in [9.17, 15) is 9.59 Å². The van der Waals surface area contributed by atoms with Gasteiger partial charge in [0.15, 0.2) is 0 Å². The van der Waals surface area contributed by atoms with E-state index < -0.39 is 0 Å². The standard InChI is InChI=1S/C13H24N2O2/c1-13(2,3)7-4-11(16)15-8-5-10(6-9-15)12(14)17/h10H,4-9H2,1-3H3,(H2,14,17). The highest BCUT2D eigenvalue weighted by Gasteiger charge is 2.26. The monoisotopic (exact) mass is 240 g/mol. The van der Waals surface area contributed by atoms with Gasteiger partial charge >= 0.3 is 0 Å². The van der Waals surface area contributed by atoms with Crippen LogP contribution < -0.4 is 5.73 Å². The van der Waals surface area contributed by atoms with Crippen molar-refractivity contribution in [2.75, 3.05) is 13.1 Å². The lowest BCUT2D eigenvalue weighted by molar-refractivity contribution is -0.135. The molecule has 0 atom stereocenters. The van der Waals surface area contributed by atoms with Crippen LogP contribution in [0.5, 0.6) is 0 Å². The van der Waals surface area contributed by atoms with Gasteiger partial charge in [0, 0.05) is 25.4 Å². The molecular formula is C13H24N2O2. The zero-order valence-electron chi connectivity index (χ0n) is 11.2. The minimum absolute atomic E-state index is 0.0401. The molecule has 17 heavy (non-hydrogen) atoms. The Morgan fingerprint density at radius 1 is 1.24 bits per heavy atom. The van der Waals surface area contributed by atoms with Crippen molar-refractivity contribution in [3.05, 3.63) is 0 Å². The van der Waals surface area contributed by atoms with Gasteiger partial charge in [0.25, 0.3) is 0 Å². The van der Waals surface area contributed by atoms with Crippen molar-refractivity contribution in [1.29, 1.82) is 0 Å². The highest BCUT2D eigenvalue weighted by Crippen LogP contribution is 2.23. The van der Waals surface area contributed by atoms with E-state index in [1.165, 1.54) is 0 Å². The zero-order chi connectivity index (χ0) is 13.1. The topological polar surface area (TPSA) is 63.4 Å². The van der Waals surface area contributed by atoms with E-state index in [-0.39, 0.29) is 23.1 Å². The van der Waals surface area contributed by atoms with E-state index >= 15 is 0 Å². The molecule has 4 nitrogen and oxygen atoms in total. The van der Waals surface area contributed by atoms with Crippen molar-refractivity contribution in [3.8, 4) is 0 Å². The molecule has 4 heteroatoms. The van der Waals surface area contributed by atoms with Crippen LogP contribution in [0.2, 0.25) is 0 Å². The summed E-state index contributed by atoms with van der Waals surface area (Å²) in [5, 5.41) is 0. The third-order valence-corrected chi connectivity index (χ3v) is 3.34. The molecule has 0 aliphatic carbocycles. The Kier molecular flexibility index (Phi) is 4.54. The maximum absolute atomic E-state index is 11.9. The van der Waals surface area contributed by atoms with Crippen molar-refractivity contribution in [1.82, 2.24) is 4.90 Å². The molecule has 1 aliphatic heterocycles. The number of likely N-dealkylation sites (tertiary alicyclic amines) is 1. The fourth-order valence-electron chi connectivity index (χ4n) is 2.05. The third kappa shape index (κ3) is 4.75. The van der Waals surface area contributed by atoms with E-state index in [4.69, 9.17) is 5.73 Å². The van der Waals surface area contributed by atoms with Gasteiger partial charge in [-0.05, 0) is 24.7 Å². The number of carbonyl (C=O) groups excluding carboxylic acids is 2. The van der Waals surface area contributed by atoms with Crippen LogP contribution >= 0.6 is 0 Å². The van der Waals surface area contributed by atoms with E-state index in [0.717, 1.165) is 19.3 Å². The lowest BCUT2D eigenvalue weighted by atomic mass is 9.90. The highest BCUT2D eigenvalue weighted by atomic mass is 16.2. The number of primary amides is 1. The van der Waals surface area contributed by atoms with Crippen LogP contribution in [0.25, 0.3) is 0 Å². The van der Waals surface area contributed by atoms with Crippen molar-refractivity contribution >= 4 is 11.8 Å². The number of nitrogens with two attached hydrogens (primary N) is 1. The average molecular weight is 240 g/mol. The highest BCUT2D eigenvalue weighted by molar-refractivity contribution is 5.78. The normalized spacial score (nSPS) is 18.2. The van der Waals surface area contributed by atoms with Crippen LogP contribution in [0.1, 0.15) is 46.5 Å². The summed E-state index contributed by atoms with van der Waals surface area (Å²) < 4.78 is 0. The molecular weight excluding hydrogens is 216 g/mol. The average Bonchev–Trinajstić information content (AvgIpc) is 2.25. The van der Waals surface area contributed by atoms with Gasteiger partial charge in [0.2, 0.25) is 11.8 Å². The molecule has 1 heterocycles. The second kappa shape index (κ2) is 5.52.